The largest absolute Gasteiger partial charge is 0.340 e. The lowest BCUT2D eigenvalue weighted by molar-refractivity contribution is -0.116. The molecule has 1 amide bonds. The van der Waals surface area contributed by atoms with E-state index >= 15 is 0 Å². The van der Waals surface area contributed by atoms with Gasteiger partial charge in [0.2, 0.25) is 11.9 Å². The highest BCUT2D eigenvalue weighted by Gasteiger charge is 2.32. The van der Waals surface area contributed by atoms with Gasteiger partial charge in [0.25, 0.3) is 5.56 Å². The van der Waals surface area contributed by atoms with Crippen LogP contribution in [0.4, 0.5) is 11.8 Å². The fraction of sp³-hybridized carbons (Fsp3) is 0.389. The van der Waals surface area contributed by atoms with E-state index < -0.39 is 5.92 Å². The smallest absolute Gasteiger partial charge is 0.258 e. The second-order valence-corrected chi connectivity index (χ2v) is 7.76. The monoisotopic (exact) mass is 407 g/mol. The second-order valence-electron chi connectivity index (χ2n) is 6.91. The Balaban J connectivity index is 1.76. The van der Waals surface area contributed by atoms with Gasteiger partial charge in [0.05, 0.1) is 5.56 Å². The lowest BCUT2D eigenvalue weighted by atomic mass is 9.87. The van der Waals surface area contributed by atoms with Crippen LogP contribution in [-0.4, -0.2) is 54.0 Å². The lowest BCUT2D eigenvalue weighted by Crippen LogP contribution is -2.46. The Morgan fingerprint density at radius 3 is 2.59 bits per heavy atom. The number of anilines is 2. The quantitative estimate of drug-likeness (QED) is 0.797. The zero-order valence-corrected chi connectivity index (χ0v) is 16.3. The van der Waals surface area contributed by atoms with Crippen molar-refractivity contribution < 1.29 is 4.79 Å². The van der Waals surface area contributed by atoms with Gasteiger partial charge in [0.15, 0.2) is 0 Å². The number of fused-ring (bicyclic) bond motifs is 1. The highest BCUT2D eigenvalue weighted by atomic mass is 35.5. The molecule has 0 bridgehead atoms. The molecule has 1 atom stereocenters. The Labute approximate surface area is 166 Å². The molecule has 0 spiro atoms. The van der Waals surface area contributed by atoms with Crippen LogP contribution in [0.3, 0.4) is 0 Å². The van der Waals surface area contributed by atoms with E-state index in [1.165, 1.54) is 0 Å². The summed E-state index contributed by atoms with van der Waals surface area (Å²) in [4.78, 5) is 36.9. The van der Waals surface area contributed by atoms with Gasteiger partial charge in [-0.3, -0.25) is 14.6 Å². The number of aromatic nitrogens is 2. The van der Waals surface area contributed by atoms with Crippen molar-refractivity contribution in [2.45, 2.75) is 12.3 Å². The summed E-state index contributed by atoms with van der Waals surface area (Å²) in [5, 5.41) is 3.67. The molecule has 1 fully saturated rings. The molecule has 1 aromatic heterocycles. The third-order valence-corrected chi connectivity index (χ3v) is 5.64. The summed E-state index contributed by atoms with van der Waals surface area (Å²) in [6, 6.07) is 5.07. The molecule has 142 valence electrons. The van der Waals surface area contributed by atoms with Crippen LogP contribution in [0.2, 0.25) is 10.0 Å². The molecule has 1 aromatic carbocycles. The van der Waals surface area contributed by atoms with Crippen molar-refractivity contribution in [2.24, 2.45) is 0 Å². The van der Waals surface area contributed by atoms with E-state index in [-0.39, 0.29) is 17.9 Å². The van der Waals surface area contributed by atoms with Gasteiger partial charge in [-0.2, -0.15) is 4.98 Å². The number of hydrogen-bond donors (Lipinski definition) is 2. The summed E-state index contributed by atoms with van der Waals surface area (Å²) < 4.78 is 0. The van der Waals surface area contributed by atoms with Gasteiger partial charge in [-0.1, -0.05) is 29.3 Å². The van der Waals surface area contributed by atoms with E-state index in [1.807, 2.05) is 4.90 Å². The van der Waals surface area contributed by atoms with Gasteiger partial charge in [-0.25, -0.2) is 0 Å². The third kappa shape index (κ3) is 3.54. The zero-order chi connectivity index (χ0) is 19.1. The number of nitrogens with zero attached hydrogens (tertiary/aromatic N) is 3. The van der Waals surface area contributed by atoms with Crippen LogP contribution < -0.4 is 15.8 Å². The van der Waals surface area contributed by atoms with Crippen LogP contribution in [-0.2, 0) is 4.79 Å². The molecule has 1 saturated heterocycles. The molecule has 27 heavy (non-hydrogen) atoms. The topological polar surface area (TPSA) is 81.3 Å². The van der Waals surface area contributed by atoms with Gasteiger partial charge in [0, 0.05) is 48.6 Å². The highest BCUT2D eigenvalue weighted by molar-refractivity contribution is 6.35. The Morgan fingerprint density at radius 2 is 1.89 bits per heavy atom. The molecule has 2 N–H and O–H groups in total. The number of H-pyrrole nitrogens is 1. The van der Waals surface area contributed by atoms with Crippen molar-refractivity contribution in [1.82, 2.24) is 14.9 Å². The molecule has 2 aliphatic rings. The Bertz CT molecular complexity index is 953. The molecule has 0 saturated carbocycles. The minimum atomic E-state index is -0.462. The zero-order valence-electron chi connectivity index (χ0n) is 14.8. The molecule has 0 aliphatic carbocycles. The van der Waals surface area contributed by atoms with Gasteiger partial charge in [-0.15, -0.1) is 0 Å². The van der Waals surface area contributed by atoms with Crippen molar-refractivity contribution in [2.75, 3.05) is 43.4 Å². The van der Waals surface area contributed by atoms with Crippen molar-refractivity contribution in [3.8, 4) is 0 Å². The standard InChI is InChI=1S/C18H19Cl2N5O2/c1-24-4-6-25(7-5-24)18-22-16-15(17(27)23-18)12(9-14(26)21-16)11-3-2-10(19)8-13(11)20/h2-3,8,12H,4-7,9H2,1H3,(H2,21,22,23,26,27)/t12-/m1/s1. The average molecular weight is 408 g/mol. The molecule has 7 nitrogen and oxygen atoms in total. The van der Waals surface area contributed by atoms with Crippen molar-refractivity contribution in [1.29, 1.82) is 0 Å². The van der Waals surface area contributed by atoms with E-state index in [9.17, 15) is 9.59 Å². The number of aromatic amines is 1. The molecule has 9 heteroatoms. The SMILES string of the molecule is CN1CCN(c2nc3c(c(=O)[nH]2)[C@@H](c2ccc(Cl)cc2Cl)CC(=O)N3)CC1. The summed E-state index contributed by atoms with van der Waals surface area (Å²) in [6.07, 6.45) is 0.132. The molecule has 0 radical (unpaired) electrons. The van der Waals surface area contributed by atoms with E-state index in [0.717, 1.165) is 26.2 Å². The van der Waals surface area contributed by atoms with Crippen LogP contribution in [0, 0.1) is 0 Å². The number of halogens is 2. The van der Waals surface area contributed by atoms with Gasteiger partial charge < -0.3 is 15.1 Å². The van der Waals surface area contributed by atoms with E-state index in [1.54, 1.807) is 18.2 Å². The van der Waals surface area contributed by atoms with Crippen molar-refractivity contribution >= 4 is 40.9 Å². The third-order valence-electron chi connectivity index (χ3n) is 5.08. The van der Waals surface area contributed by atoms with Crippen LogP contribution in [0.5, 0.6) is 0 Å². The fourth-order valence-electron chi connectivity index (χ4n) is 3.58. The van der Waals surface area contributed by atoms with Crippen LogP contribution in [0.1, 0.15) is 23.5 Å². The maximum atomic E-state index is 12.9. The normalized spacial score (nSPS) is 20.3. The highest BCUT2D eigenvalue weighted by Crippen LogP contribution is 2.38. The number of rotatable bonds is 2. The van der Waals surface area contributed by atoms with Crippen molar-refractivity contribution in [3.63, 3.8) is 0 Å². The summed E-state index contributed by atoms with van der Waals surface area (Å²) in [7, 11) is 2.06. The maximum absolute atomic E-state index is 12.9. The molecular weight excluding hydrogens is 389 g/mol. The fourth-order valence-corrected chi connectivity index (χ4v) is 4.12. The van der Waals surface area contributed by atoms with Gasteiger partial charge in [-0.05, 0) is 24.7 Å². The molecule has 0 unspecified atom stereocenters. The van der Waals surface area contributed by atoms with Crippen LogP contribution >= 0.6 is 23.2 Å². The number of amides is 1. The average Bonchev–Trinajstić information content (AvgIpc) is 2.61. The minimum Gasteiger partial charge on any atom is -0.340 e. The Kier molecular flexibility index (Phi) is 4.84. The number of benzene rings is 1. The molecular formula is C18H19Cl2N5O2. The molecule has 2 aliphatic heterocycles. The first-order valence-corrected chi connectivity index (χ1v) is 9.50. The van der Waals surface area contributed by atoms with Gasteiger partial charge in [0.1, 0.15) is 5.82 Å². The molecule has 2 aromatic rings. The Hall–Kier alpha value is -2.09. The lowest BCUT2D eigenvalue weighted by Gasteiger charge is -2.33. The van der Waals surface area contributed by atoms with E-state index in [2.05, 4.69) is 27.2 Å². The number of piperazine rings is 1. The number of carbonyl (C=O) groups excluding carboxylic acids is 1. The summed E-state index contributed by atoms with van der Waals surface area (Å²) in [5.74, 6) is 0.132. The van der Waals surface area contributed by atoms with Crippen molar-refractivity contribution in [3.05, 3.63) is 49.7 Å². The molecule has 4 rings (SSSR count). The predicted molar refractivity (Wildman–Crippen MR) is 106 cm³/mol. The first-order chi connectivity index (χ1) is 12.9. The van der Waals surface area contributed by atoms with E-state index in [4.69, 9.17) is 23.2 Å². The summed E-state index contributed by atoms with van der Waals surface area (Å²) >= 11 is 12.3. The number of carbonyl (C=O) groups is 1. The second kappa shape index (κ2) is 7.14. The predicted octanol–water partition coefficient (Wildman–Crippen LogP) is 2.30. The number of nitrogens with one attached hydrogen (secondary N) is 2. The Morgan fingerprint density at radius 1 is 1.15 bits per heavy atom. The number of hydrogen-bond acceptors (Lipinski definition) is 5. The van der Waals surface area contributed by atoms with E-state index in [0.29, 0.717) is 32.9 Å². The van der Waals surface area contributed by atoms with Crippen LogP contribution in [0.25, 0.3) is 0 Å². The maximum Gasteiger partial charge on any atom is 0.258 e. The minimum absolute atomic E-state index is 0.132. The summed E-state index contributed by atoms with van der Waals surface area (Å²) in [6.45, 7) is 3.30. The first kappa shape index (κ1) is 18.3. The van der Waals surface area contributed by atoms with Gasteiger partial charge >= 0.3 is 0 Å². The van der Waals surface area contributed by atoms with Crippen LogP contribution in [0.15, 0.2) is 23.0 Å². The first-order valence-electron chi connectivity index (χ1n) is 8.75. The summed E-state index contributed by atoms with van der Waals surface area (Å²) in [5.41, 5.74) is 0.860. The molecule has 3 heterocycles. The number of likely N-dealkylation sites (N-methyl/N-ethyl adjacent to an activating group) is 1.